The van der Waals surface area contributed by atoms with Crippen molar-refractivity contribution in [2.24, 2.45) is 5.92 Å². The van der Waals surface area contributed by atoms with E-state index < -0.39 is 21.8 Å². The van der Waals surface area contributed by atoms with Gasteiger partial charge in [0.15, 0.2) is 0 Å². The Balaban J connectivity index is 2.35. The number of nitrogens with one attached hydrogen (secondary N) is 1. The average molecular weight is 436 g/mol. The van der Waals surface area contributed by atoms with E-state index in [-0.39, 0.29) is 17.9 Å². The molecule has 9 heteroatoms. The van der Waals surface area contributed by atoms with E-state index in [0.29, 0.717) is 23.3 Å². The molecule has 0 aliphatic carbocycles. The first kappa shape index (κ1) is 23.6. The maximum atomic E-state index is 13.0. The molecule has 0 bridgehead atoms. The molecule has 0 radical (unpaired) electrons. The topological polar surface area (TPSA) is 107 Å². The molecule has 0 aliphatic heterocycles. The number of carbonyl (C=O) groups excluding carboxylic acids is 2. The number of carbonyl (C=O) groups is 2. The zero-order chi connectivity index (χ0) is 22.3. The lowest BCUT2D eigenvalue weighted by Crippen LogP contribution is -2.40. The van der Waals surface area contributed by atoms with Crippen LogP contribution in [0.25, 0.3) is 10.8 Å². The summed E-state index contributed by atoms with van der Waals surface area (Å²) in [4.78, 5) is 25.4. The van der Waals surface area contributed by atoms with Crippen LogP contribution in [0.15, 0.2) is 41.3 Å². The highest BCUT2D eigenvalue weighted by Gasteiger charge is 2.27. The second kappa shape index (κ2) is 10.4. The van der Waals surface area contributed by atoms with E-state index in [9.17, 15) is 23.2 Å². The number of benzene rings is 2. The highest BCUT2D eigenvalue weighted by atomic mass is 32.2. The van der Waals surface area contributed by atoms with Gasteiger partial charge in [0.1, 0.15) is 0 Å². The Bertz CT molecular complexity index is 991. The molecule has 0 aliphatic rings. The van der Waals surface area contributed by atoms with Crippen LogP contribution < -0.4 is 9.62 Å². The third kappa shape index (κ3) is 5.70. The van der Waals surface area contributed by atoms with Crippen LogP contribution in [0.4, 0.5) is 5.69 Å². The van der Waals surface area contributed by atoms with E-state index in [1.807, 2.05) is 38.1 Å². The maximum Gasteiger partial charge on any atom is 0.264 e. The number of unbranched alkanes of at least 4 members (excludes halogenated alkanes) is 2. The molecule has 2 amide bonds. The second-order valence-corrected chi connectivity index (χ2v) is 9.06. The molecule has 2 rings (SSSR count). The van der Waals surface area contributed by atoms with Crippen molar-refractivity contribution in [1.29, 1.82) is 0 Å². The molecule has 0 heterocycles. The van der Waals surface area contributed by atoms with Gasteiger partial charge in [-0.3, -0.25) is 14.8 Å². The largest absolute Gasteiger partial charge is 0.377 e. The third-order valence-electron chi connectivity index (χ3n) is 4.92. The monoisotopic (exact) mass is 435 g/mol. The molecule has 0 saturated carbocycles. The van der Waals surface area contributed by atoms with Crippen LogP contribution in [0.1, 0.15) is 32.6 Å². The van der Waals surface area contributed by atoms with E-state index in [2.05, 4.69) is 4.72 Å². The van der Waals surface area contributed by atoms with Gasteiger partial charge < -0.3 is 4.90 Å². The summed E-state index contributed by atoms with van der Waals surface area (Å²) < 4.78 is 28.2. The number of sulfonamides is 1. The van der Waals surface area contributed by atoms with Gasteiger partial charge in [0.2, 0.25) is 12.3 Å². The summed E-state index contributed by atoms with van der Waals surface area (Å²) in [6.07, 6.45) is 3.03. The van der Waals surface area contributed by atoms with Crippen molar-refractivity contribution in [3.8, 4) is 0 Å². The van der Waals surface area contributed by atoms with Crippen molar-refractivity contribution in [3.05, 3.63) is 36.4 Å². The summed E-state index contributed by atoms with van der Waals surface area (Å²) in [5.74, 6) is -1.58. The molecular weight excluding hydrogens is 406 g/mol. The lowest BCUT2D eigenvalue weighted by molar-refractivity contribution is -0.154. The van der Waals surface area contributed by atoms with Crippen LogP contribution >= 0.6 is 0 Å². The quantitative estimate of drug-likeness (QED) is 0.243. The molecule has 8 nitrogen and oxygen atoms in total. The smallest absolute Gasteiger partial charge is 0.264 e. The highest BCUT2D eigenvalue weighted by Crippen LogP contribution is 2.30. The SMILES string of the molecule is CCCCCC(CN(O)C=O)C(=O)NS(=O)(=O)c1cccc2c(N(C)C)cccc12. The predicted octanol–water partition coefficient (Wildman–Crippen LogP) is 2.75. The van der Waals surface area contributed by atoms with Crippen LogP contribution in [-0.2, 0) is 19.6 Å². The van der Waals surface area contributed by atoms with Gasteiger partial charge in [-0.05, 0) is 18.6 Å². The van der Waals surface area contributed by atoms with Crippen molar-refractivity contribution >= 4 is 38.8 Å². The number of fused-ring (bicyclic) bond motifs is 1. The van der Waals surface area contributed by atoms with Crippen molar-refractivity contribution in [2.45, 2.75) is 37.5 Å². The number of rotatable bonds is 11. The summed E-state index contributed by atoms with van der Waals surface area (Å²) in [5.41, 5.74) is 0.857. The average Bonchev–Trinajstić information content (AvgIpc) is 2.71. The van der Waals surface area contributed by atoms with E-state index in [1.54, 1.807) is 18.2 Å². The minimum atomic E-state index is -4.15. The fourth-order valence-corrected chi connectivity index (χ4v) is 4.64. The van der Waals surface area contributed by atoms with Gasteiger partial charge in [0, 0.05) is 30.6 Å². The summed E-state index contributed by atoms with van der Waals surface area (Å²) in [6, 6.07) is 10.3. The lowest BCUT2D eigenvalue weighted by atomic mass is 10.0. The molecular formula is C21H29N3O5S. The summed E-state index contributed by atoms with van der Waals surface area (Å²) in [5, 5.41) is 11.1. The first-order valence-electron chi connectivity index (χ1n) is 9.87. The van der Waals surface area contributed by atoms with Crippen molar-refractivity contribution in [1.82, 2.24) is 9.79 Å². The maximum absolute atomic E-state index is 13.0. The fraction of sp³-hybridized carbons (Fsp3) is 0.429. The van der Waals surface area contributed by atoms with E-state index in [0.717, 1.165) is 23.9 Å². The van der Waals surface area contributed by atoms with Gasteiger partial charge >= 0.3 is 0 Å². The van der Waals surface area contributed by atoms with Crippen molar-refractivity contribution < 1.29 is 23.2 Å². The Morgan fingerprint density at radius 2 is 1.80 bits per heavy atom. The minimum Gasteiger partial charge on any atom is -0.377 e. The standard InChI is InChI=1S/C21H29N3O5S/c1-4-5-6-9-16(14-24(27)15-25)21(26)22-30(28,29)20-13-8-10-17-18(20)11-7-12-19(17)23(2)3/h7-8,10-13,15-16,27H,4-6,9,14H2,1-3H3,(H,22,26). The molecule has 1 unspecified atom stereocenters. The van der Waals surface area contributed by atoms with Crippen LogP contribution in [0.5, 0.6) is 0 Å². The molecule has 30 heavy (non-hydrogen) atoms. The molecule has 164 valence electrons. The van der Waals surface area contributed by atoms with Crippen LogP contribution in [0.2, 0.25) is 0 Å². The Morgan fingerprint density at radius 1 is 1.13 bits per heavy atom. The second-order valence-electron chi connectivity index (χ2n) is 7.41. The third-order valence-corrected chi connectivity index (χ3v) is 6.33. The molecule has 0 aromatic heterocycles. The van der Waals surface area contributed by atoms with Gasteiger partial charge in [-0.15, -0.1) is 0 Å². The van der Waals surface area contributed by atoms with Crippen LogP contribution in [-0.4, -0.2) is 51.6 Å². The molecule has 2 aromatic rings. The minimum absolute atomic E-state index is 0.000556. The number of anilines is 1. The van der Waals surface area contributed by atoms with Gasteiger partial charge in [-0.25, -0.2) is 18.2 Å². The summed E-state index contributed by atoms with van der Waals surface area (Å²) in [6.45, 7) is 1.74. The van der Waals surface area contributed by atoms with Crippen LogP contribution in [0.3, 0.4) is 0 Å². The first-order valence-corrected chi connectivity index (χ1v) is 11.4. The highest BCUT2D eigenvalue weighted by molar-refractivity contribution is 7.90. The van der Waals surface area contributed by atoms with E-state index in [4.69, 9.17) is 0 Å². The number of amides is 2. The number of hydroxylamine groups is 2. The fourth-order valence-electron chi connectivity index (χ4n) is 3.37. The number of nitrogens with zero attached hydrogens (tertiary/aromatic N) is 2. The zero-order valence-corrected chi connectivity index (χ0v) is 18.4. The van der Waals surface area contributed by atoms with Crippen molar-refractivity contribution in [3.63, 3.8) is 0 Å². The Kier molecular flexibility index (Phi) is 8.19. The molecule has 0 spiro atoms. The Hall–Kier alpha value is -2.65. The number of hydrogen-bond acceptors (Lipinski definition) is 6. The zero-order valence-electron chi connectivity index (χ0n) is 17.5. The van der Waals surface area contributed by atoms with Gasteiger partial charge in [-0.2, -0.15) is 0 Å². The Morgan fingerprint density at radius 3 is 2.43 bits per heavy atom. The van der Waals surface area contributed by atoms with E-state index in [1.165, 1.54) is 6.07 Å². The van der Waals surface area contributed by atoms with Gasteiger partial charge in [-0.1, -0.05) is 50.5 Å². The molecule has 2 aromatic carbocycles. The molecule has 2 N–H and O–H groups in total. The Labute approximate surface area is 177 Å². The van der Waals surface area contributed by atoms with Crippen molar-refractivity contribution in [2.75, 3.05) is 25.5 Å². The lowest BCUT2D eigenvalue weighted by Gasteiger charge is -2.20. The predicted molar refractivity (Wildman–Crippen MR) is 116 cm³/mol. The first-order chi connectivity index (χ1) is 14.2. The summed E-state index contributed by atoms with van der Waals surface area (Å²) >= 11 is 0. The van der Waals surface area contributed by atoms with E-state index >= 15 is 0 Å². The van der Waals surface area contributed by atoms with Gasteiger partial charge in [0.25, 0.3) is 10.0 Å². The number of hydrogen-bond donors (Lipinski definition) is 2. The van der Waals surface area contributed by atoms with Crippen LogP contribution in [0, 0.1) is 5.92 Å². The normalized spacial score (nSPS) is 12.4. The van der Waals surface area contributed by atoms with Gasteiger partial charge in [0.05, 0.1) is 17.4 Å². The molecule has 0 fully saturated rings. The summed E-state index contributed by atoms with van der Waals surface area (Å²) in [7, 11) is -0.419. The molecule has 0 saturated heterocycles. The molecule has 1 atom stereocenters.